The average Bonchev–Trinajstić information content (AvgIpc) is 2.68. The van der Waals surface area contributed by atoms with Gasteiger partial charge in [0.2, 0.25) is 0 Å². The summed E-state index contributed by atoms with van der Waals surface area (Å²) in [5, 5.41) is 0.700. The Kier molecular flexibility index (Phi) is 2.72. The third-order valence-electron chi connectivity index (χ3n) is 3.37. The zero-order chi connectivity index (χ0) is 13.6. The van der Waals surface area contributed by atoms with E-state index in [1.807, 2.05) is 54.9 Å². The third kappa shape index (κ3) is 1.78. The molecule has 1 heterocycles. The molecule has 2 aromatic carbocycles. The first-order valence-electron chi connectivity index (χ1n) is 6.06. The van der Waals surface area contributed by atoms with E-state index >= 15 is 0 Å². The molecule has 0 aliphatic heterocycles. The van der Waals surface area contributed by atoms with E-state index in [9.17, 15) is 0 Å². The van der Waals surface area contributed by atoms with Gasteiger partial charge in [-0.2, -0.15) is 0 Å². The van der Waals surface area contributed by atoms with Gasteiger partial charge in [0.15, 0.2) is 0 Å². The number of nitrogens with two attached hydrogens (primary N) is 1. The van der Waals surface area contributed by atoms with E-state index in [0.717, 1.165) is 33.7 Å². The van der Waals surface area contributed by atoms with Crippen LogP contribution in [-0.4, -0.2) is 9.55 Å². The van der Waals surface area contributed by atoms with Crippen LogP contribution in [0.3, 0.4) is 0 Å². The molecule has 2 N–H and O–H groups in total. The van der Waals surface area contributed by atoms with Crippen molar-refractivity contribution >= 4 is 28.3 Å². The molecule has 0 radical (unpaired) electrons. The van der Waals surface area contributed by atoms with Crippen molar-refractivity contribution in [2.75, 3.05) is 5.73 Å². The van der Waals surface area contributed by atoms with Crippen molar-refractivity contribution in [1.82, 2.24) is 9.55 Å². The summed E-state index contributed by atoms with van der Waals surface area (Å²) in [6.07, 6.45) is 0. The van der Waals surface area contributed by atoms with Gasteiger partial charge in [0.05, 0.1) is 16.1 Å². The lowest BCUT2D eigenvalue weighted by molar-refractivity contribution is 0.958. The molecular weight excluding hydrogens is 258 g/mol. The van der Waals surface area contributed by atoms with Gasteiger partial charge in [-0.25, -0.2) is 4.98 Å². The van der Waals surface area contributed by atoms with Crippen molar-refractivity contribution in [2.45, 2.75) is 6.92 Å². The minimum absolute atomic E-state index is 0.700. The molecule has 0 saturated heterocycles. The van der Waals surface area contributed by atoms with Crippen molar-refractivity contribution in [3.63, 3.8) is 0 Å². The van der Waals surface area contributed by atoms with Crippen molar-refractivity contribution in [3.8, 4) is 11.4 Å². The Morgan fingerprint density at radius 1 is 1.16 bits per heavy atom. The highest BCUT2D eigenvalue weighted by Crippen LogP contribution is 2.32. The number of benzene rings is 2. The molecule has 3 aromatic rings. The number of anilines is 1. The Bertz CT molecular complexity index is 754. The number of halogens is 1. The lowest BCUT2D eigenvalue weighted by Crippen LogP contribution is -1.99. The molecule has 0 fully saturated rings. The summed E-state index contributed by atoms with van der Waals surface area (Å²) < 4.78 is 2.00. The summed E-state index contributed by atoms with van der Waals surface area (Å²) >= 11 is 6.25. The number of nitrogen functional groups attached to an aromatic ring is 1. The number of aromatic nitrogens is 2. The summed E-state index contributed by atoms with van der Waals surface area (Å²) in [4.78, 5) is 4.66. The van der Waals surface area contributed by atoms with Crippen molar-refractivity contribution < 1.29 is 0 Å². The van der Waals surface area contributed by atoms with Crippen LogP contribution in [-0.2, 0) is 7.05 Å². The maximum Gasteiger partial charge on any atom is 0.143 e. The molecule has 4 heteroatoms. The molecule has 1 aromatic heterocycles. The van der Waals surface area contributed by atoms with Gasteiger partial charge in [-0.05, 0) is 30.7 Å². The molecule has 0 aliphatic rings. The predicted molar refractivity (Wildman–Crippen MR) is 80.3 cm³/mol. The minimum Gasteiger partial charge on any atom is -0.398 e. The van der Waals surface area contributed by atoms with Gasteiger partial charge < -0.3 is 10.3 Å². The summed E-state index contributed by atoms with van der Waals surface area (Å²) in [7, 11) is 1.96. The molecular formula is C15H14ClN3. The molecule has 0 aliphatic carbocycles. The Balaban J connectivity index is 2.38. The van der Waals surface area contributed by atoms with Gasteiger partial charge in [-0.15, -0.1) is 0 Å². The van der Waals surface area contributed by atoms with Crippen LogP contribution in [0, 0.1) is 6.92 Å². The highest BCUT2D eigenvalue weighted by molar-refractivity contribution is 6.35. The fourth-order valence-electron chi connectivity index (χ4n) is 2.44. The molecule has 0 saturated carbocycles. The minimum atomic E-state index is 0.700. The van der Waals surface area contributed by atoms with E-state index in [2.05, 4.69) is 4.98 Å². The molecule has 0 amide bonds. The highest BCUT2D eigenvalue weighted by atomic mass is 35.5. The number of hydrogen-bond acceptors (Lipinski definition) is 2. The topological polar surface area (TPSA) is 43.8 Å². The number of rotatable bonds is 1. The molecule has 0 spiro atoms. The van der Waals surface area contributed by atoms with Crippen molar-refractivity contribution in [3.05, 3.63) is 47.0 Å². The Morgan fingerprint density at radius 2 is 1.89 bits per heavy atom. The standard InChI is InChI=1S/C15H14ClN3/c1-9-5-3-7-11(17)13(9)15-18-12-8-4-6-10(16)14(12)19(15)2/h3-8H,17H2,1-2H3. The van der Waals surface area contributed by atoms with E-state index in [-0.39, 0.29) is 0 Å². The summed E-state index contributed by atoms with van der Waals surface area (Å²) in [6.45, 7) is 2.03. The highest BCUT2D eigenvalue weighted by Gasteiger charge is 2.15. The molecule has 19 heavy (non-hydrogen) atoms. The number of imidazole rings is 1. The van der Waals surface area contributed by atoms with Gasteiger partial charge in [0, 0.05) is 18.3 Å². The van der Waals surface area contributed by atoms with Gasteiger partial charge in [-0.3, -0.25) is 0 Å². The second kappa shape index (κ2) is 4.28. The SMILES string of the molecule is Cc1cccc(N)c1-c1nc2cccc(Cl)c2n1C. The molecule has 0 atom stereocenters. The van der Waals surface area contributed by atoms with Gasteiger partial charge >= 0.3 is 0 Å². The molecule has 96 valence electrons. The molecule has 3 rings (SSSR count). The van der Waals surface area contributed by atoms with Crippen LogP contribution in [0.4, 0.5) is 5.69 Å². The number of hydrogen-bond donors (Lipinski definition) is 1. The fourth-order valence-corrected chi connectivity index (χ4v) is 2.74. The van der Waals surface area contributed by atoms with Crippen LogP contribution >= 0.6 is 11.6 Å². The second-order valence-electron chi connectivity index (χ2n) is 4.64. The number of para-hydroxylation sites is 1. The lowest BCUT2D eigenvalue weighted by Gasteiger charge is -2.09. The lowest BCUT2D eigenvalue weighted by atomic mass is 10.1. The first-order chi connectivity index (χ1) is 9.09. The van der Waals surface area contributed by atoms with Gasteiger partial charge in [0.25, 0.3) is 0 Å². The van der Waals surface area contributed by atoms with Gasteiger partial charge in [0.1, 0.15) is 5.82 Å². The molecule has 3 nitrogen and oxygen atoms in total. The maximum absolute atomic E-state index is 6.25. The van der Waals surface area contributed by atoms with E-state index in [1.54, 1.807) is 0 Å². The van der Waals surface area contributed by atoms with E-state index in [4.69, 9.17) is 17.3 Å². The monoisotopic (exact) mass is 271 g/mol. The normalized spacial score (nSPS) is 11.1. The summed E-state index contributed by atoms with van der Waals surface area (Å²) in [5.74, 6) is 0.846. The smallest absolute Gasteiger partial charge is 0.143 e. The van der Waals surface area contributed by atoms with E-state index < -0.39 is 0 Å². The van der Waals surface area contributed by atoms with Crippen LogP contribution in [0.1, 0.15) is 5.56 Å². The average molecular weight is 272 g/mol. The first-order valence-corrected chi connectivity index (χ1v) is 6.44. The van der Waals surface area contributed by atoms with Crippen LogP contribution in [0.25, 0.3) is 22.4 Å². The largest absolute Gasteiger partial charge is 0.398 e. The molecule has 0 unspecified atom stereocenters. The number of nitrogens with zero attached hydrogens (tertiary/aromatic N) is 2. The zero-order valence-electron chi connectivity index (χ0n) is 10.8. The quantitative estimate of drug-likeness (QED) is 0.685. The summed E-state index contributed by atoms with van der Waals surface area (Å²) in [6, 6.07) is 11.6. The van der Waals surface area contributed by atoms with Crippen LogP contribution in [0.15, 0.2) is 36.4 Å². The second-order valence-corrected chi connectivity index (χ2v) is 5.05. The maximum atomic E-state index is 6.25. The fraction of sp³-hybridized carbons (Fsp3) is 0.133. The van der Waals surface area contributed by atoms with Crippen LogP contribution in [0.5, 0.6) is 0 Å². The Morgan fingerprint density at radius 3 is 2.58 bits per heavy atom. The predicted octanol–water partition coefficient (Wildman–Crippen LogP) is 3.78. The van der Waals surface area contributed by atoms with Crippen LogP contribution < -0.4 is 5.73 Å². The van der Waals surface area contributed by atoms with Crippen molar-refractivity contribution in [1.29, 1.82) is 0 Å². The van der Waals surface area contributed by atoms with E-state index in [1.165, 1.54) is 0 Å². The molecule has 0 bridgehead atoms. The van der Waals surface area contributed by atoms with Crippen LogP contribution in [0.2, 0.25) is 5.02 Å². The zero-order valence-corrected chi connectivity index (χ0v) is 11.6. The first kappa shape index (κ1) is 12.1. The van der Waals surface area contributed by atoms with Gasteiger partial charge in [-0.1, -0.05) is 29.8 Å². The van der Waals surface area contributed by atoms with E-state index in [0.29, 0.717) is 5.02 Å². The summed E-state index contributed by atoms with van der Waals surface area (Å²) in [5.41, 5.74) is 10.7. The number of aryl methyl sites for hydroxylation is 2. The Hall–Kier alpha value is -2.00. The Labute approximate surface area is 116 Å². The van der Waals surface area contributed by atoms with Crippen molar-refractivity contribution in [2.24, 2.45) is 7.05 Å². The third-order valence-corrected chi connectivity index (χ3v) is 3.68. The number of fused-ring (bicyclic) bond motifs is 1.